The van der Waals surface area contributed by atoms with Crippen molar-refractivity contribution in [1.82, 2.24) is 10.3 Å². The summed E-state index contributed by atoms with van der Waals surface area (Å²) in [6, 6.07) is 20.8. The fourth-order valence-electron chi connectivity index (χ4n) is 3.96. The molecule has 1 saturated heterocycles. The monoisotopic (exact) mass is 486 g/mol. The fraction of sp³-hybridized carbons (Fsp3) is 0.0800. The lowest BCUT2D eigenvalue weighted by molar-refractivity contribution is -0.384. The lowest BCUT2D eigenvalue weighted by atomic mass is 10.0. The number of thioether (sulfide) groups is 1. The van der Waals surface area contributed by atoms with E-state index in [2.05, 4.69) is 10.3 Å². The number of aromatic nitrogens is 1. The van der Waals surface area contributed by atoms with Crippen molar-refractivity contribution in [3.05, 3.63) is 99.6 Å². The number of rotatable bonds is 6. The molecule has 1 unspecified atom stereocenters. The van der Waals surface area contributed by atoms with Crippen molar-refractivity contribution in [1.29, 1.82) is 0 Å². The molecule has 10 heteroatoms. The van der Waals surface area contributed by atoms with E-state index in [0.29, 0.717) is 34.3 Å². The standard InChI is InChI=1S/C25H18N4O5S/c30-23-20(35-25(32)28-23)12-14-6-8-16(9-7-14)26-22(15-4-2-1-3-5-15)21-18-13-17(29(33)34)10-11-19(18)27-24(21)31/h1-11,13,20,27,31H,12H2,(H,28,30,32). The van der Waals surface area contributed by atoms with E-state index in [1.54, 1.807) is 18.2 Å². The van der Waals surface area contributed by atoms with Crippen molar-refractivity contribution in [2.75, 3.05) is 0 Å². The summed E-state index contributed by atoms with van der Waals surface area (Å²) in [5.41, 5.74) is 3.43. The Hall–Kier alpha value is -4.44. The largest absolute Gasteiger partial charge is 0.494 e. The summed E-state index contributed by atoms with van der Waals surface area (Å²) < 4.78 is 0. The molecule has 0 aliphatic carbocycles. The van der Waals surface area contributed by atoms with Gasteiger partial charge in [-0.25, -0.2) is 4.99 Å². The molecule has 9 nitrogen and oxygen atoms in total. The third-order valence-electron chi connectivity index (χ3n) is 5.62. The van der Waals surface area contributed by atoms with Crippen LogP contribution in [0.25, 0.3) is 10.9 Å². The van der Waals surface area contributed by atoms with Gasteiger partial charge in [0.25, 0.3) is 10.9 Å². The highest BCUT2D eigenvalue weighted by Gasteiger charge is 2.31. The number of non-ortho nitro benzene ring substituents is 1. The molecule has 0 radical (unpaired) electrons. The number of amides is 2. The average Bonchev–Trinajstić information content (AvgIpc) is 3.35. The number of benzene rings is 3. The first-order valence-corrected chi connectivity index (χ1v) is 11.5. The number of aliphatic imine (C=N–C) groups is 1. The zero-order chi connectivity index (χ0) is 24.5. The number of nitro benzene ring substituents is 1. The van der Waals surface area contributed by atoms with Crippen LogP contribution >= 0.6 is 11.8 Å². The number of hydrogen-bond donors (Lipinski definition) is 3. The molecule has 0 spiro atoms. The van der Waals surface area contributed by atoms with Gasteiger partial charge in [-0.1, -0.05) is 54.2 Å². The van der Waals surface area contributed by atoms with E-state index in [1.807, 2.05) is 42.5 Å². The SMILES string of the molecule is O=C1NC(=O)C(Cc2ccc(N=C(c3ccccc3)c3c(O)[nH]c4ccc([N+](=O)[O-])cc34)cc2)S1. The van der Waals surface area contributed by atoms with Crippen LogP contribution in [0, 0.1) is 10.1 Å². The molecule has 35 heavy (non-hydrogen) atoms. The first kappa shape index (κ1) is 22.4. The highest BCUT2D eigenvalue weighted by molar-refractivity contribution is 8.15. The molecule has 1 fully saturated rings. The summed E-state index contributed by atoms with van der Waals surface area (Å²) in [6.45, 7) is 0. The van der Waals surface area contributed by atoms with Crippen molar-refractivity contribution < 1.29 is 19.6 Å². The first-order valence-electron chi connectivity index (χ1n) is 10.6. The Balaban J connectivity index is 1.56. The van der Waals surface area contributed by atoms with E-state index in [-0.39, 0.29) is 22.7 Å². The molecule has 3 N–H and O–H groups in total. The normalized spacial score (nSPS) is 16.0. The molecule has 0 bridgehead atoms. The number of carbonyl (C=O) groups is 2. The highest BCUT2D eigenvalue weighted by Crippen LogP contribution is 2.34. The van der Waals surface area contributed by atoms with E-state index in [4.69, 9.17) is 4.99 Å². The second kappa shape index (κ2) is 9.07. The van der Waals surface area contributed by atoms with Crippen molar-refractivity contribution in [3.63, 3.8) is 0 Å². The number of aromatic hydroxyl groups is 1. The predicted molar refractivity (Wildman–Crippen MR) is 133 cm³/mol. The van der Waals surface area contributed by atoms with E-state index >= 15 is 0 Å². The molecule has 5 rings (SSSR count). The third-order valence-corrected chi connectivity index (χ3v) is 6.60. The van der Waals surface area contributed by atoms with Crippen LogP contribution in [0.15, 0.2) is 77.8 Å². The van der Waals surface area contributed by atoms with Crippen molar-refractivity contribution in [2.24, 2.45) is 4.99 Å². The topological polar surface area (TPSA) is 138 Å². The van der Waals surface area contributed by atoms with Gasteiger partial charge in [0.1, 0.15) is 0 Å². The quantitative estimate of drug-likeness (QED) is 0.202. The predicted octanol–water partition coefficient (Wildman–Crippen LogP) is 4.84. The Morgan fingerprint density at radius 2 is 1.80 bits per heavy atom. The highest BCUT2D eigenvalue weighted by atomic mass is 32.2. The molecule has 1 aliphatic rings. The van der Waals surface area contributed by atoms with Crippen LogP contribution in [0.4, 0.5) is 16.2 Å². The Morgan fingerprint density at radius 1 is 1.06 bits per heavy atom. The third kappa shape index (κ3) is 4.51. The van der Waals surface area contributed by atoms with Crippen LogP contribution in [-0.4, -0.2) is 37.1 Å². The van der Waals surface area contributed by atoms with Gasteiger partial charge in [0, 0.05) is 28.6 Å². The minimum atomic E-state index is -0.484. The number of fused-ring (bicyclic) bond motifs is 1. The molecular weight excluding hydrogens is 468 g/mol. The summed E-state index contributed by atoms with van der Waals surface area (Å²) in [6.07, 6.45) is 0.407. The lowest BCUT2D eigenvalue weighted by Gasteiger charge is -2.09. The zero-order valence-electron chi connectivity index (χ0n) is 18.1. The number of nitro groups is 1. The molecule has 3 aromatic carbocycles. The smallest absolute Gasteiger partial charge is 0.286 e. The molecule has 174 valence electrons. The maximum atomic E-state index is 11.9. The molecule has 1 atom stereocenters. The Labute approximate surface area is 203 Å². The molecule has 2 heterocycles. The number of nitrogens with zero attached hydrogens (tertiary/aromatic N) is 2. The van der Waals surface area contributed by atoms with Gasteiger partial charge < -0.3 is 10.1 Å². The van der Waals surface area contributed by atoms with E-state index in [1.165, 1.54) is 12.1 Å². The van der Waals surface area contributed by atoms with Gasteiger partial charge in [-0.05, 0) is 30.2 Å². The van der Waals surface area contributed by atoms with E-state index in [0.717, 1.165) is 22.9 Å². The van der Waals surface area contributed by atoms with Crippen LogP contribution in [0.3, 0.4) is 0 Å². The van der Waals surface area contributed by atoms with Gasteiger partial charge in [-0.15, -0.1) is 0 Å². The second-order valence-corrected chi connectivity index (χ2v) is 9.09. The lowest BCUT2D eigenvalue weighted by Crippen LogP contribution is -2.25. The van der Waals surface area contributed by atoms with Gasteiger partial charge in [0.15, 0.2) is 5.88 Å². The summed E-state index contributed by atoms with van der Waals surface area (Å²) in [7, 11) is 0. The summed E-state index contributed by atoms with van der Waals surface area (Å²) in [5, 5.41) is 24.1. The number of aromatic amines is 1. The summed E-state index contributed by atoms with van der Waals surface area (Å²) in [4.78, 5) is 41.8. The maximum absolute atomic E-state index is 11.9. The van der Waals surface area contributed by atoms with Crippen LogP contribution in [0.1, 0.15) is 16.7 Å². The van der Waals surface area contributed by atoms with Crippen molar-refractivity contribution >= 4 is 50.9 Å². The van der Waals surface area contributed by atoms with Gasteiger partial charge >= 0.3 is 0 Å². The minimum Gasteiger partial charge on any atom is -0.494 e. The van der Waals surface area contributed by atoms with Crippen LogP contribution in [0.5, 0.6) is 5.88 Å². The van der Waals surface area contributed by atoms with Gasteiger partial charge in [-0.3, -0.25) is 25.0 Å². The molecule has 4 aromatic rings. The number of imide groups is 1. The Bertz CT molecular complexity index is 1500. The zero-order valence-corrected chi connectivity index (χ0v) is 18.9. The average molecular weight is 487 g/mol. The molecule has 0 saturated carbocycles. The summed E-state index contributed by atoms with van der Waals surface area (Å²) >= 11 is 0.978. The summed E-state index contributed by atoms with van der Waals surface area (Å²) in [5.74, 6) is -0.439. The molecule has 2 amide bonds. The van der Waals surface area contributed by atoms with E-state index < -0.39 is 10.2 Å². The van der Waals surface area contributed by atoms with Gasteiger partial charge in [-0.2, -0.15) is 0 Å². The molecular formula is C25H18N4O5S. The molecule has 1 aliphatic heterocycles. The van der Waals surface area contributed by atoms with Crippen molar-refractivity contribution in [2.45, 2.75) is 11.7 Å². The number of carbonyl (C=O) groups excluding carboxylic acids is 2. The fourth-order valence-corrected chi connectivity index (χ4v) is 4.82. The minimum absolute atomic E-state index is 0.0955. The van der Waals surface area contributed by atoms with Crippen LogP contribution in [0.2, 0.25) is 0 Å². The van der Waals surface area contributed by atoms with Gasteiger partial charge in [0.05, 0.1) is 27.1 Å². The van der Waals surface area contributed by atoms with Gasteiger partial charge in [0.2, 0.25) is 5.91 Å². The number of H-pyrrole nitrogens is 1. The van der Waals surface area contributed by atoms with Crippen LogP contribution in [-0.2, 0) is 11.2 Å². The number of hydrogen-bond acceptors (Lipinski definition) is 7. The maximum Gasteiger partial charge on any atom is 0.286 e. The molecule has 1 aromatic heterocycles. The van der Waals surface area contributed by atoms with Crippen LogP contribution < -0.4 is 5.32 Å². The Morgan fingerprint density at radius 3 is 2.46 bits per heavy atom. The number of nitrogens with one attached hydrogen (secondary N) is 2. The second-order valence-electron chi connectivity index (χ2n) is 7.92. The first-order chi connectivity index (χ1) is 16.9. The van der Waals surface area contributed by atoms with Crippen molar-refractivity contribution in [3.8, 4) is 5.88 Å². The van der Waals surface area contributed by atoms with E-state index in [9.17, 15) is 24.8 Å². The Kier molecular flexibility index (Phi) is 5.79.